The molecule has 0 aromatic carbocycles. The number of aryl methyl sites for hydroxylation is 1. The maximum atomic E-state index is 12.6. The molecule has 3 rings (SSSR count). The zero-order chi connectivity index (χ0) is 18.7. The van der Waals surface area contributed by atoms with Crippen LogP contribution in [-0.4, -0.2) is 54.0 Å². The van der Waals surface area contributed by atoms with E-state index in [4.69, 9.17) is 0 Å². The van der Waals surface area contributed by atoms with Gasteiger partial charge in [-0.1, -0.05) is 12.1 Å². The third kappa shape index (κ3) is 4.24. The Balaban J connectivity index is 1.53. The van der Waals surface area contributed by atoms with Gasteiger partial charge in [-0.05, 0) is 32.6 Å². The summed E-state index contributed by atoms with van der Waals surface area (Å²) >= 11 is 0. The fourth-order valence-electron chi connectivity index (χ4n) is 3.08. The van der Waals surface area contributed by atoms with E-state index in [0.717, 1.165) is 31.6 Å². The summed E-state index contributed by atoms with van der Waals surface area (Å²) in [6, 6.07) is 0. The minimum atomic E-state index is -0.983. The molecular formula is C18H26N6O2. The predicted molar refractivity (Wildman–Crippen MR) is 95.3 cm³/mol. The van der Waals surface area contributed by atoms with Crippen molar-refractivity contribution in [3.63, 3.8) is 0 Å². The highest BCUT2D eigenvalue weighted by molar-refractivity contribution is 5.93. The van der Waals surface area contributed by atoms with Gasteiger partial charge in [0.25, 0.3) is 5.91 Å². The second kappa shape index (κ2) is 7.49. The van der Waals surface area contributed by atoms with Gasteiger partial charge < -0.3 is 10.0 Å². The zero-order valence-corrected chi connectivity index (χ0v) is 15.6. The Morgan fingerprint density at radius 2 is 1.92 bits per heavy atom. The number of carbonyl (C=O) groups excluding carboxylic acids is 1. The van der Waals surface area contributed by atoms with Crippen molar-refractivity contribution < 1.29 is 9.90 Å². The van der Waals surface area contributed by atoms with E-state index in [2.05, 4.69) is 20.3 Å². The van der Waals surface area contributed by atoms with Crippen molar-refractivity contribution in [2.45, 2.75) is 52.2 Å². The first-order valence-corrected chi connectivity index (χ1v) is 9.10. The molecule has 3 heterocycles. The van der Waals surface area contributed by atoms with E-state index in [0.29, 0.717) is 30.3 Å². The Labute approximate surface area is 153 Å². The lowest BCUT2D eigenvalue weighted by Crippen LogP contribution is -2.39. The van der Waals surface area contributed by atoms with Gasteiger partial charge in [0, 0.05) is 38.4 Å². The molecule has 2 aromatic rings. The lowest BCUT2D eigenvalue weighted by Gasteiger charge is -2.31. The fourth-order valence-corrected chi connectivity index (χ4v) is 3.08. The van der Waals surface area contributed by atoms with E-state index in [1.165, 1.54) is 0 Å². The Kier molecular flexibility index (Phi) is 5.31. The highest BCUT2D eigenvalue weighted by Crippen LogP contribution is 2.22. The number of hydrogen-bond acceptors (Lipinski definition) is 6. The number of carbonyl (C=O) groups is 1. The van der Waals surface area contributed by atoms with E-state index in [1.54, 1.807) is 37.1 Å². The summed E-state index contributed by atoms with van der Waals surface area (Å²) in [7, 11) is 0. The van der Waals surface area contributed by atoms with Gasteiger partial charge in [0.1, 0.15) is 17.1 Å². The molecule has 1 N–H and O–H groups in total. The first-order chi connectivity index (χ1) is 12.4. The number of aliphatic hydroxyl groups is 1. The standard InChI is InChI=1S/C18H26N6O2/c1-4-16-19-9-14(10-20-16)17(25)23-7-5-13(6-8-23)11-24-12-15(21-22-24)18(2,3)26/h9-10,12-13,26H,4-8,11H2,1-3H3. The molecule has 1 aliphatic heterocycles. The number of hydrogen-bond donors (Lipinski definition) is 1. The minimum absolute atomic E-state index is 0.00354. The average Bonchev–Trinajstić information content (AvgIpc) is 3.11. The highest BCUT2D eigenvalue weighted by atomic mass is 16.3. The summed E-state index contributed by atoms with van der Waals surface area (Å²) in [6.45, 7) is 7.56. The normalized spacial score (nSPS) is 16.1. The molecule has 0 bridgehead atoms. The van der Waals surface area contributed by atoms with Gasteiger partial charge in [0.05, 0.1) is 11.8 Å². The maximum Gasteiger partial charge on any atom is 0.256 e. The van der Waals surface area contributed by atoms with Crippen LogP contribution in [0, 0.1) is 5.92 Å². The Hall–Kier alpha value is -2.35. The first kappa shape index (κ1) is 18.4. The molecule has 1 aliphatic rings. The number of rotatable bonds is 5. The van der Waals surface area contributed by atoms with Gasteiger partial charge in [0.15, 0.2) is 0 Å². The molecule has 26 heavy (non-hydrogen) atoms. The molecule has 8 heteroatoms. The molecule has 1 amide bonds. The summed E-state index contributed by atoms with van der Waals surface area (Å²) in [4.78, 5) is 22.9. The maximum absolute atomic E-state index is 12.6. The third-order valence-corrected chi connectivity index (χ3v) is 4.78. The number of aromatic nitrogens is 5. The Morgan fingerprint density at radius 3 is 2.46 bits per heavy atom. The fraction of sp³-hybridized carbons (Fsp3) is 0.611. The topological polar surface area (TPSA) is 97.0 Å². The number of nitrogens with zero attached hydrogens (tertiary/aromatic N) is 6. The van der Waals surface area contributed by atoms with E-state index in [-0.39, 0.29) is 5.91 Å². The van der Waals surface area contributed by atoms with Gasteiger partial charge in [-0.3, -0.25) is 9.48 Å². The Morgan fingerprint density at radius 1 is 1.27 bits per heavy atom. The molecule has 0 saturated carbocycles. The summed E-state index contributed by atoms with van der Waals surface area (Å²) < 4.78 is 1.78. The molecule has 2 aromatic heterocycles. The van der Waals surface area contributed by atoms with Crippen LogP contribution in [0.3, 0.4) is 0 Å². The molecule has 0 radical (unpaired) electrons. The van der Waals surface area contributed by atoms with Crippen LogP contribution in [0.15, 0.2) is 18.6 Å². The lowest BCUT2D eigenvalue weighted by molar-refractivity contribution is 0.0678. The zero-order valence-electron chi connectivity index (χ0n) is 15.6. The van der Waals surface area contributed by atoms with Crippen LogP contribution in [0.25, 0.3) is 0 Å². The molecule has 0 atom stereocenters. The number of likely N-dealkylation sites (tertiary alicyclic amines) is 1. The quantitative estimate of drug-likeness (QED) is 0.868. The van der Waals surface area contributed by atoms with Crippen molar-refractivity contribution in [1.29, 1.82) is 0 Å². The van der Waals surface area contributed by atoms with Crippen LogP contribution in [0.5, 0.6) is 0 Å². The molecular weight excluding hydrogens is 332 g/mol. The molecule has 1 saturated heterocycles. The smallest absolute Gasteiger partial charge is 0.256 e. The van der Waals surface area contributed by atoms with Crippen molar-refractivity contribution in [1.82, 2.24) is 29.9 Å². The predicted octanol–water partition coefficient (Wildman–Crippen LogP) is 1.41. The van der Waals surface area contributed by atoms with Crippen LogP contribution in [0.1, 0.15) is 55.5 Å². The monoisotopic (exact) mass is 358 g/mol. The van der Waals surface area contributed by atoms with Crippen LogP contribution < -0.4 is 0 Å². The minimum Gasteiger partial charge on any atom is -0.384 e. The van der Waals surface area contributed by atoms with Crippen LogP contribution in [-0.2, 0) is 18.6 Å². The summed E-state index contributed by atoms with van der Waals surface area (Å²) in [5.41, 5.74) is 0.135. The van der Waals surface area contributed by atoms with Gasteiger partial charge in [-0.15, -0.1) is 5.10 Å². The van der Waals surface area contributed by atoms with Crippen LogP contribution in [0.2, 0.25) is 0 Å². The molecule has 0 unspecified atom stereocenters. The van der Waals surface area contributed by atoms with Crippen molar-refractivity contribution in [2.24, 2.45) is 5.92 Å². The second-order valence-corrected chi connectivity index (χ2v) is 7.36. The van der Waals surface area contributed by atoms with Crippen molar-refractivity contribution >= 4 is 5.91 Å². The van der Waals surface area contributed by atoms with E-state index >= 15 is 0 Å². The van der Waals surface area contributed by atoms with Crippen molar-refractivity contribution in [3.8, 4) is 0 Å². The summed E-state index contributed by atoms with van der Waals surface area (Å²) in [5, 5.41) is 18.1. The van der Waals surface area contributed by atoms with Gasteiger partial charge >= 0.3 is 0 Å². The Bertz CT molecular complexity index is 742. The lowest BCUT2D eigenvalue weighted by atomic mass is 9.96. The molecule has 0 spiro atoms. The molecule has 0 aliphatic carbocycles. The van der Waals surface area contributed by atoms with E-state index in [9.17, 15) is 9.90 Å². The van der Waals surface area contributed by atoms with E-state index in [1.807, 2.05) is 11.8 Å². The van der Waals surface area contributed by atoms with Gasteiger partial charge in [-0.25, -0.2) is 9.97 Å². The van der Waals surface area contributed by atoms with Crippen molar-refractivity contribution in [3.05, 3.63) is 35.7 Å². The van der Waals surface area contributed by atoms with Gasteiger partial charge in [-0.2, -0.15) is 0 Å². The third-order valence-electron chi connectivity index (χ3n) is 4.78. The average molecular weight is 358 g/mol. The number of amides is 1. The van der Waals surface area contributed by atoms with Gasteiger partial charge in [0.2, 0.25) is 0 Å². The van der Waals surface area contributed by atoms with Crippen molar-refractivity contribution in [2.75, 3.05) is 13.1 Å². The largest absolute Gasteiger partial charge is 0.384 e. The molecule has 1 fully saturated rings. The first-order valence-electron chi connectivity index (χ1n) is 9.10. The molecule has 140 valence electrons. The van der Waals surface area contributed by atoms with Crippen LogP contribution in [0.4, 0.5) is 0 Å². The number of piperidine rings is 1. The molecule has 8 nitrogen and oxygen atoms in total. The second-order valence-electron chi connectivity index (χ2n) is 7.36. The van der Waals surface area contributed by atoms with Crippen LogP contribution >= 0.6 is 0 Å². The van der Waals surface area contributed by atoms with E-state index < -0.39 is 5.60 Å². The SMILES string of the molecule is CCc1ncc(C(=O)N2CCC(Cn3cc(C(C)(C)O)nn3)CC2)cn1. The summed E-state index contributed by atoms with van der Waals surface area (Å²) in [5.74, 6) is 1.18. The highest BCUT2D eigenvalue weighted by Gasteiger charge is 2.25. The summed E-state index contributed by atoms with van der Waals surface area (Å²) in [6.07, 6.45) is 7.62.